The molecule has 5 heteroatoms. The van der Waals surface area contributed by atoms with Crippen LogP contribution in [-0.2, 0) is 0 Å². The highest BCUT2D eigenvalue weighted by Crippen LogP contribution is 2.26. The van der Waals surface area contributed by atoms with Crippen molar-refractivity contribution in [2.24, 2.45) is 0 Å². The summed E-state index contributed by atoms with van der Waals surface area (Å²) in [5.74, 6) is -1.37. The first-order valence-electron chi connectivity index (χ1n) is 4.92. The molecule has 1 heterocycles. The second-order valence-electron chi connectivity index (χ2n) is 3.50. The average Bonchev–Trinajstić information content (AvgIpc) is 2.28. The van der Waals surface area contributed by atoms with Crippen molar-refractivity contribution >= 4 is 17.6 Å². The molecular weight excluding hydrogens is 240 g/mol. The second-order valence-corrected chi connectivity index (χ2v) is 3.91. The summed E-state index contributed by atoms with van der Waals surface area (Å²) in [5, 5.41) is 9.42. The lowest BCUT2D eigenvalue weighted by atomic mass is 10.1. The molecule has 1 N–H and O–H groups in total. The summed E-state index contributed by atoms with van der Waals surface area (Å²) < 4.78 is 0. The van der Waals surface area contributed by atoms with Crippen molar-refractivity contribution in [3.8, 4) is 11.3 Å². The van der Waals surface area contributed by atoms with Crippen LogP contribution < -0.4 is 0 Å². The van der Waals surface area contributed by atoms with Crippen molar-refractivity contribution in [2.45, 2.75) is 6.92 Å². The smallest absolute Gasteiger partial charge is 0.373 e. The number of aryl methyl sites for hydroxylation is 1. The monoisotopic (exact) mass is 248 g/mol. The van der Waals surface area contributed by atoms with Crippen molar-refractivity contribution < 1.29 is 9.90 Å². The van der Waals surface area contributed by atoms with Crippen LogP contribution in [-0.4, -0.2) is 21.0 Å². The first kappa shape index (κ1) is 11.5. The molecule has 0 unspecified atom stereocenters. The SMILES string of the molecule is Cc1cc(-c2ccccc2Cl)nc(C(=O)O)n1. The number of rotatable bonds is 2. The van der Waals surface area contributed by atoms with Crippen LogP contribution >= 0.6 is 11.6 Å². The topological polar surface area (TPSA) is 63.1 Å². The maximum atomic E-state index is 10.9. The Kier molecular flexibility index (Phi) is 3.06. The molecule has 17 heavy (non-hydrogen) atoms. The fourth-order valence-corrected chi connectivity index (χ4v) is 1.70. The molecule has 0 radical (unpaired) electrons. The minimum atomic E-state index is -1.15. The van der Waals surface area contributed by atoms with Crippen LogP contribution in [0.1, 0.15) is 16.3 Å². The van der Waals surface area contributed by atoms with Gasteiger partial charge in [0, 0.05) is 16.3 Å². The van der Waals surface area contributed by atoms with Crippen LogP contribution in [0.4, 0.5) is 0 Å². The molecule has 0 aliphatic rings. The van der Waals surface area contributed by atoms with E-state index in [-0.39, 0.29) is 5.82 Å². The van der Waals surface area contributed by atoms with Gasteiger partial charge >= 0.3 is 5.97 Å². The van der Waals surface area contributed by atoms with Gasteiger partial charge in [-0.05, 0) is 19.1 Å². The average molecular weight is 249 g/mol. The van der Waals surface area contributed by atoms with Crippen molar-refractivity contribution in [2.75, 3.05) is 0 Å². The first-order valence-corrected chi connectivity index (χ1v) is 5.29. The summed E-state index contributed by atoms with van der Waals surface area (Å²) in [4.78, 5) is 18.7. The Morgan fingerprint density at radius 1 is 1.29 bits per heavy atom. The third kappa shape index (κ3) is 2.42. The molecule has 2 rings (SSSR count). The largest absolute Gasteiger partial charge is 0.475 e. The molecule has 0 atom stereocenters. The van der Waals surface area contributed by atoms with Crippen molar-refractivity contribution in [1.82, 2.24) is 9.97 Å². The lowest BCUT2D eigenvalue weighted by Crippen LogP contribution is -2.06. The van der Waals surface area contributed by atoms with Gasteiger partial charge in [0.25, 0.3) is 0 Å². The van der Waals surface area contributed by atoms with Crippen LogP contribution in [0.5, 0.6) is 0 Å². The molecule has 1 aromatic heterocycles. The van der Waals surface area contributed by atoms with Gasteiger partial charge in [0.05, 0.1) is 5.69 Å². The molecule has 0 bridgehead atoms. The van der Waals surface area contributed by atoms with Gasteiger partial charge in [0.2, 0.25) is 5.82 Å². The number of carbonyl (C=O) groups is 1. The van der Waals surface area contributed by atoms with E-state index in [1.165, 1.54) is 0 Å². The van der Waals surface area contributed by atoms with Gasteiger partial charge in [-0.25, -0.2) is 14.8 Å². The number of carboxylic acids is 1. The summed E-state index contributed by atoms with van der Waals surface area (Å²) in [7, 11) is 0. The molecule has 0 amide bonds. The molecule has 4 nitrogen and oxygen atoms in total. The Hall–Kier alpha value is -1.94. The van der Waals surface area contributed by atoms with E-state index in [1.54, 1.807) is 31.2 Å². The third-order valence-corrected chi connectivity index (χ3v) is 2.52. The number of nitrogens with zero attached hydrogens (tertiary/aromatic N) is 2. The number of halogens is 1. The molecule has 2 aromatic rings. The second kappa shape index (κ2) is 4.51. The Labute approximate surface area is 103 Å². The summed E-state index contributed by atoms with van der Waals surface area (Å²) in [6, 6.07) is 8.84. The molecule has 0 aliphatic carbocycles. The molecule has 0 saturated carbocycles. The molecule has 0 spiro atoms. The van der Waals surface area contributed by atoms with Crippen LogP contribution in [0.25, 0.3) is 11.3 Å². The summed E-state index contributed by atoms with van der Waals surface area (Å²) in [6.45, 7) is 1.72. The number of hydrogen-bond acceptors (Lipinski definition) is 3. The number of aromatic nitrogens is 2. The van der Waals surface area contributed by atoms with E-state index in [1.807, 2.05) is 6.07 Å². The number of benzene rings is 1. The molecule has 0 aliphatic heterocycles. The van der Waals surface area contributed by atoms with E-state index >= 15 is 0 Å². The lowest BCUT2D eigenvalue weighted by molar-refractivity contribution is 0.0683. The van der Waals surface area contributed by atoms with E-state index in [0.717, 1.165) is 0 Å². The molecule has 1 aromatic carbocycles. The fourth-order valence-electron chi connectivity index (χ4n) is 1.47. The van der Waals surface area contributed by atoms with Gasteiger partial charge in [0.15, 0.2) is 0 Å². The van der Waals surface area contributed by atoms with Crippen molar-refractivity contribution in [1.29, 1.82) is 0 Å². The van der Waals surface area contributed by atoms with Crippen molar-refractivity contribution in [3.05, 3.63) is 46.9 Å². The van der Waals surface area contributed by atoms with Crippen LogP contribution in [0.2, 0.25) is 5.02 Å². The predicted molar refractivity (Wildman–Crippen MR) is 64.2 cm³/mol. The van der Waals surface area contributed by atoms with E-state index in [0.29, 0.717) is 22.0 Å². The highest BCUT2D eigenvalue weighted by atomic mass is 35.5. The van der Waals surface area contributed by atoms with Gasteiger partial charge in [-0.15, -0.1) is 0 Å². The van der Waals surface area contributed by atoms with Crippen LogP contribution in [0, 0.1) is 6.92 Å². The molecule has 0 saturated heterocycles. The first-order chi connectivity index (χ1) is 8.08. The Balaban J connectivity index is 2.60. The van der Waals surface area contributed by atoms with E-state index in [9.17, 15) is 4.79 Å². The van der Waals surface area contributed by atoms with Gasteiger partial charge in [-0.2, -0.15) is 0 Å². The van der Waals surface area contributed by atoms with E-state index < -0.39 is 5.97 Å². The summed E-state index contributed by atoms with van der Waals surface area (Å²) >= 11 is 6.04. The molecule has 86 valence electrons. The summed E-state index contributed by atoms with van der Waals surface area (Å²) in [5.41, 5.74) is 1.80. The molecule has 0 fully saturated rings. The quantitative estimate of drug-likeness (QED) is 0.888. The minimum Gasteiger partial charge on any atom is -0.475 e. The molecular formula is C12H9ClN2O2. The fraction of sp³-hybridized carbons (Fsp3) is 0.0833. The zero-order valence-electron chi connectivity index (χ0n) is 9.01. The summed E-state index contributed by atoms with van der Waals surface area (Å²) in [6.07, 6.45) is 0. The number of carboxylic acid groups (broad SMARTS) is 1. The third-order valence-electron chi connectivity index (χ3n) is 2.20. The number of aromatic carboxylic acids is 1. The van der Waals surface area contributed by atoms with Gasteiger partial charge in [0.1, 0.15) is 0 Å². The van der Waals surface area contributed by atoms with E-state index in [2.05, 4.69) is 9.97 Å². The Bertz CT molecular complexity index is 584. The zero-order valence-corrected chi connectivity index (χ0v) is 9.77. The van der Waals surface area contributed by atoms with Crippen molar-refractivity contribution in [3.63, 3.8) is 0 Å². The van der Waals surface area contributed by atoms with Crippen LogP contribution in [0.3, 0.4) is 0 Å². The Morgan fingerprint density at radius 3 is 2.65 bits per heavy atom. The van der Waals surface area contributed by atoms with Gasteiger partial charge in [-0.1, -0.05) is 29.8 Å². The standard InChI is InChI=1S/C12H9ClN2O2/c1-7-6-10(15-11(14-7)12(16)17)8-4-2-3-5-9(8)13/h2-6H,1H3,(H,16,17). The number of hydrogen-bond donors (Lipinski definition) is 1. The predicted octanol–water partition coefficient (Wildman–Crippen LogP) is 2.80. The van der Waals surface area contributed by atoms with Gasteiger partial charge < -0.3 is 5.11 Å². The van der Waals surface area contributed by atoms with Gasteiger partial charge in [-0.3, -0.25) is 0 Å². The highest BCUT2D eigenvalue weighted by molar-refractivity contribution is 6.33. The Morgan fingerprint density at radius 2 is 2.00 bits per heavy atom. The zero-order chi connectivity index (χ0) is 12.4. The maximum Gasteiger partial charge on any atom is 0.373 e. The normalized spacial score (nSPS) is 10.2. The highest BCUT2D eigenvalue weighted by Gasteiger charge is 2.11. The van der Waals surface area contributed by atoms with E-state index in [4.69, 9.17) is 16.7 Å². The lowest BCUT2D eigenvalue weighted by Gasteiger charge is -2.05. The maximum absolute atomic E-state index is 10.9. The van der Waals surface area contributed by atoms with Crippen LogP contribution in [0.15, 0.2) is 30.3 Å². The minimum absolute atomic E-state index is 0.222.